The average molecular weight is 442 g/mol. The molecule has 1 atom stereocenters. The highest BCUT2D eigenvalue weighted by Gasteiger charge is 2.41. The second-order valence-corrected chi connectivity index (χ2v) is 8.55. The Morgan fingerprint density at radius 2 is 1.84 bits per heavy atom. The lowest BCUT2D eigenvalue weighted by Crippen LogP contribution is -2.42. The number of carbonyl (C=O) groups excluding carboxylic acids is 3. The summed E-state index contributed by atoms with van der Waals surface area (Å²) in [7, 11) is 3.99. The van der Waals surface area contributed by atoms with Gasteiger partial charge >= 0.3 is 5.97 Å². The van der Waals surface area contributed by atoms with Crippen molar-refractivity contribution in [3.8, 4) is 5.69 Å². The minimum atomic E-state index is -0.957. The predicted molar refractivity (Wildman–Crippen MR) is 123 cm³/mol. The van der Waals surface area contributed by atoms with Crippen LogP contribution in [0.5, 0.6) is 0 Å². The van der Waals surface area contributed by atoms with E-state index < -0.39 is 23.2 Å². The third-order valence-corrected chi connectivity index (χ3v) is 6.10. The molecule has 1 aliphatic heterocycles. The second kappa shape index (κ2) is 9.01. The zero-order valence-corrected chi connectivity index (χ0v) is 19.4. The van der Waals surface area contributed by atoms with E-state index in [1.54, 1.807) is 13.0 Å². The maximum atomic E-state index is 12.8. The first-order valence-electron chi connectivity index (χ1n) is 10.1. The van der Waals surface area contributed by atoms with E-state index in [1.165, 1.54) is 6.92 Å². The van der Waals surface area contributed by atoms with Crippen LogP contribution in [0, 0.1) is 13.8 Å². The van der Waals surface area contributed by atoms with Gasteiger partial charge in [-0.05, 0) is 81.4 Å². The van der Waals surface area contributed by atoms with Crippen molar-refractivity contribution < 1.29 is 19.1 Å². The molecule has 1 aromatic carbocycles. The van der Waals surface area contributed by atoms with Gasteiger partial charge in [-0.25, -0.2) is 4.79 Å². The summed E-state index contributed by atoms with van der Waals surface area (Å²) in [5.74, 6) is -1.07. The number of aromatic nitrogens is 1. The monoisotopic (exact) mass is 441 g/mol. The molecule has 0 saturated carbocycles. The molecule has 1 saturated heterocycles. The maximum absolute atomic E-state index is 12.8. The summed E-state index contributed by atoms with van der Waals surface area (Å²) in [4.78, 5) is 40.6. The largest absolute Gasteiger partial charge is 0.464 e. The number of hydrogen-bond donors (Lipinski definition) is 0. The van der Waals surface area contributed by atoms with Gasteiger partial charge in [0.05, 0.1) is 11.5 Å². The van der Waals surface area contributed by atoms with Gasteiger partial charge < -0.3 is 14.2 Å². The van der Waals surface area contributed by atoms with Crippen LogP contribution in [-0.2, 0) is 14.3 Å². The van der Waals surface area contributed by atoms with Crippen molar-refractivity contribution in [1.29, 1.82) is 0 Å². The van der Waals surface area contributed by atoms with Crippen molar-refractivity contribution in [2.24, 2.45) is 0 Å². The fourth-order valence-corrected chi connectivity index (χ4v) is 4.45. The highest BCUT2D eigenvalue weighted by molar-refractivity contribution is 8.18. The second-order valence-electron chi connectivity index (χ2n) is 7.55. The van der Waals surface area contributed by atoms with Crippen LogP contribution in [0.15, 0.2) is 35.2 Å². The van der Waals surface area contributed by atoms with Gasteiger partial charge in [0.15, 0.2) is 0 Å². The van der Waals surface area contributed by atoms with Crippen molar-refractivity contribution in [2.75, 3.05) is 25.6 Å². The maximum Gasteiger partial charge on any atom is 0.329 e. The normalized spacial score (nSPS) is 16.2. The highest BCUT2D eigenvalue weighted by Crippen LogP contribution is 2.35. The van der Waals surface area contributed by atoms with E-state index in [-0.39, 0.29) is 6.61 Å². The molecule has 0 N–H and O–H groups in total. The smallest absolute Gasteiger partial charge is 0.329 e. The summed E-state index contributed by atoms with van der Waals surface area (Å²) in [6, 6.07) is 9.23. The average Bonchev–Trinajstić information content (AvgIpc) is 3.16. The van der Waals surface area contributed by atoms with Crippen LogP contribution in [0.4, 0.5) is 10.5 Å². The summed E-state index contributed by atoms with van der Waals surface area (Å²) >= 11 is 0.841. The van der Waals surface area contributed by atoms with Crippen LogP contribution in [0.25, 0.3) is 11.8 Å². The molecule has 1 fully saturated rings. The topological polar surface area (TPSA) is 71.8 Å². The lowest BCUT2D eigenvalue weighted by atomic mass is 10.2. The number of benzene rings is 1. The van der Waals surface area contributed by atoms with Crippen molar-refractivity contribution in [3.05, 3.63) is 52.2 Å². The molecular formula is C23H27N3O4S. The van der Waals surface area contributed by atoms with E-state index in [2.05, 4.69) is 16.7 Å². The number of amides is 2. The van der Waals surface area contributed by atoms with Gasteiger partial charge in [0.1, 0.15) is 6.04 Å². The van der Waals surface area contributed by atoms with Gasteiger partial charge in [0, 0.05) is 36.9 Å². The minimum Gasteiger partial charge on any atom is -0.464 e. The third-order valence-electron chi connectivity index (χ3n) is 5.22. The first-order chi connectivity index (χ1) is 14.6. The fraction of sp³-hybridized carbons (Fsp3) is 0.348. The van der Waals surface area contributed by atoms with Crippen LogP contribution in [-0.4, -0.2) is 53.3 Å². The molecule has 8 heteroatoms. The molecule has 164 valence electrons. The third kappa shape index (κ3) is 4.39. The van der Waals surface area contributed by atoms with Gasteiger partial charge in [0.2, 0.25) is 0 Å². The number of carbonyl (C=O) groups is 3. The number of ether oxygens (including phenoxy) is 1. The first-order valence-corrected chi connectivity index (χ1v) is 10.9. The van der Waals surface area contributed by atoms with Crippen LogP contribution in [0.2, 0.25) is 0 Å². The summed E-state index contributed by atoms with van der Waals surface area (Å²) in [6.45, 7) is 7.35. The standard InChI is InChI=1S/C23H27N3O4S/c1-7-30-22(28)16(4)26-21(27)20(31-23(26)29)13-17-12-14(2)25(15(17)3)19-10-8-18(9-11-19)24(5)6/h8-13,16H,7H2,1-6H3/b20-13-. The van der Waals surface area contributed by atoms with Crippen molar-refractivity contribution in [1.82, 2.24) is 9.47 Å². The van der Waals surface area contributed by atoms with Gasteiger partial charge in [-0.3, -0.25) is 14.5 Å². The van der Waals surface area contributed by atoms with Crippen LogP contribution in [0.3, 0.4) is 0 Å². The molecule has 0 spiro atoms. The SMILES string of the molecule is CCOC(=O)C(C)N1C(=O)S/C(=C\c2cc(C)n(-c3ccc(N(C)C)cc3)c2C)C1=O. The Bertz CT molecular complexity index is 1050. The molecule has 1 aliphatic rings. The quantitative estimate of drug-likeness (QED) is 0.495. The van der Waals surface area contributed by atoms with Crippen molar-refractivity contribution >= 4 is 40.6 Å². The van der Waals surface area contributed by atoms with E-state index in [0.29, 0.717) is 4.91 Å². The molecule has 1 aromatic heterocycles. The Hall–Kier alpha value is -3.00. The van der Waals surface area contributed by atoms with Crippen molar-refractivity contribution in [3.63, 3.8) is 0 Å². The Balaban J connectivity index is 1.91. The molecule has 2 heterocycles. The molecule has 0 radical (unpaired) electrons. The number of aryl methyl sites for hydroxylation is 1. The summed E-state index contributed by atoms with van der Waals surface area (Å²) in [5.41, 5.74) is 4.95. The van der Waals surface area contributed by atoms with E-state index in [0.717, 1.165) is 45.0 Å². The molecule has 1 unspecified atom stereocenters. The Morgan fingerprint density at radius 3 is 2.42 bits per heavy atom. The number of esters is 1. The molecule has 7 nitrogen and oxygen atoms in total. The van der Waals surface area contributed by atoms with E-state index in [4.69, 9.17) is 4.74 Å². The molecule has 0 aliphatic carbocycles. The lowest BCUT2D eigenvalue weighted by Gasteiger charge is -2.19. The molecule has 2 amide bonds. The predicted octanol–water partition coefficient (Wildman–Crippen LogP) is 4.15. The molecule has 0 bridgehead atoms. The van der Waals surface area contributed by atoms with E-state index >= 15 is 0 Å². The van der Waals surface area contributed by atoms with Crippen LogP contribution in [0.1, 0.15) is 30.8 Å². The Labute approximate surface area is 186 Å². The molecule has 2 aromatic rings. The zero-order valence-electron chi connectivity index (χ0n) is 18.6. The fourth-order valence-electron chi connectivity index (χ4n) is 3.55. The first kappa shape index (κ1) is 22.7. The van der Waals surface area contributed by atoms with Gasteiger partial charge in [-0.2, -0.15) is 0 Å². The molecule has 31 heavy (non-hydrogen) atoms. The number of imide groups is 1. The van der Waals surface area contributed by atoms with Gasteiger partial charge in [-0.15, -0.1) is 0 Å². The molecular weight excluding hydrogens is 414 g/mol. The number of rotatable bonds is 6. The minimum absolute atomic E-state index is 0.191. The zero-order chi connectivity index (χ0) is 22.9. The van der Waals surface area contributed by atoms with Gasteiger partial charge in [0.25, 0.3) is 11.1 Å². The number of anilines is 1. The van der Waals surface area contributed by atoms with Crippen LogP contribution < -0.4 is 4.90 Å². The molecule has 3 rings (SSSR count). The lowest BCUT2D eigenvalue weighted by molar-refractivity contribution is -0.150. The number of nitrogens with zero attached hydrogens (tertiary/aromatic N) is 3. The highest BCUT2D eigenvalue weighted by atomic mass is 32.2. The summed E-state index contributed by atoms with van der Waals surface area (Å²) < 4.78 is 7.06. The Morgan fingerprint density at radius 1 is 1.19 bits per heavy atom. The van der Waals surface area contributed by atoms with Gasteiger partial charge in [-0.1, -0.05) is 0 Å². The Kier molecular flexibility index (Phi) is 6.59. The van der Waals surface area contributed by atoms with E-state index in [1.807, 2.05) is 51.0 Å². The van der Waals surface area contributed by atoms with E-state index in [9.17, 15) is 14.4 Å². The van der Waals surface area contributed by atoms with Crippen molar-refractivity contribution in [2.45, 2.75) is 33.7 Å². The number of thioether (sulfide) groups is 1. The number of hydrogen-bond acceptors (Lipinski definition) is 6. The summed E-state index contributed by atoms with van der Waals surface area (Å²) in [6.07, 6.45) is 1.72. The summed E-state index contributed by atoms with van der Waals surface area (Å²) in [5, 5.41) is -0.468. The van der Waals surface area contributed by atoms with Crippen LogP contribution >= 0.6 is 11.8 Å².